The fourth-order valence-electron chi connectivity index (χ4n) is 3.36. The van der Waals surface area contributed by atoms with Gasteiger partial charge in [-0.25, -0.2) is 4.79 Å². The van der Waals surface area contributed by atoms with Crippen molar-refractivity contribution in [2.45, 2.75) is 0 Å². The Morgan fingerprint density at radius 3 is 2.18 bits per heavy atom. The summed E-state index contributed by atoms with van der Waals surface area (Å²) in [6.45, 7) is 0. The maximum absolute atomic E-state index is 12.6. The highest BCUT2D eigenvalue weighted by Crippen LogP contribution is 2.36. The number of carboxylic acid groups (broad SMARTS) is 1. The fraction of sp³-hybridized carbons (Fsp3) is 0. The van der Waals surface area contributed by atoms with Gasteiger partial charge in [-0.1, -0.05) is 30.3 Å². The highest BCUT2D eigenvalue weighted by Gasteiger charge is 2.14. The summed E-state index contributed by atoms with van der Waals surface area (Å²) in [4.78, 5) is 24.1. The first-order valence-corrected chi connectivity index (χ1v) is 10.4. The van der Waals surface area contributed by atoms with Gasteiger partial charge in [0, 0.05) is 22.4 Å². The highest BCUT2D eigenvalue weighted by molar-refractivity contribution is 6.04. The molecule has 7 heteroatoms. The largest absolute Gasteiger partial charge is 0.478 e. The predicted octanol–water partition coefficient (Wildman–Crippen LogP) is 5.38. The number of rotatable bonds is 7. The summed E-state index contributed by atoms with van der Waals surface area (Å²) in [7, 11) is 0. The van der Waals surface area contributed by atoms with Crippen LogP contribution in [-0.2, 0) is 0 Å². The second-order valence-electron chi connectivity index (χ2n) is 7.46. The Morgan fingerprint density at radius 1 is 0.794 bits per heavy atom. The molecule has 0 bridgehead atoms. The summed E-state index contributed by atoms with van der Waals surface area (Å²) >= 11 is 0. The van der Waals surface area contributed by atoms with Crippen LogP contribution in [0.4, 0.5) is 5.69 Å². The number of carbonyl (C=O) groups excluding carboxylic acids is 1. The van der Waals surface area contributed by atoms with Crippen LogP contribution in [0.2, 0.25) is 0 Å². The van der Waals surface area contributed by atoms with Crippen LogP contribution < -0.4 is 15.8 Å². The van der Waals surface area contributed by atoms with Crippen molar-refractivity contribution in [2.24, 2.45) is 5.73 Å². The topological polar surface area (TPSA) is 126 Å². The molecule has 0 saturated carbocycles. The predicted molar refractivity (Wildman–Crippen MR) is 131 cm³/mol. The average Bonchev–Trinajstić information content (AvgIpc) is 2.86. The van der Waals surface area contributed by atoms with Gasteiger partial charge in [0.2, 0.25) is 0 Å². The molecule has 0 heterocycles. The number of nitrogen functional groups attached to an aromatic ring is 1. The molecule has 0 spiro atoms. The number of amidine groups is 1. The van der Waals surface area contributed by atoms with Crippen molar-refractivity contribution in [1.29, 1.82) is 5.41 Å². The van der Waals surface area contributed by atoms with Gasteiger partial charge in [0.05, 0.1) is 5.56 Å². The molecule has 0 radical (unpaired) electrons. The molecule has 4 aromatic carbocycles. The van der Waals surface area contributed by atoms with E-state index in [1.807, 2.05) is 6.07 Å². The second kappa shape index (κ2) is 9.70. The summed E-state index contributed by atoms with van der Waals surface area (Å²) in [5.74, 6) is -0.370. The molecule has 0 aliphatic heterocycles. The highest BCUT2D eigenvalue weighted by atomic mass is 16.5. The molecule has 1 amide bonds. The van der Waals surface area contributed by atoms with E-state index < -0.39 is 5.97 Å². The smallest absolute Gasteiger partial charge is 0.335 e. The zero-order chi connectivity index (χ0) is 24.1. The van der Waals surface area contributed by atoms with Gasteiger partial charge in [0.15, 0.2) is 0 Å². The van der Waals surface area contributed by atoms with Gasteiger partial charge in [0.1, 0.15) is 17.3 Å². The van der Waals surface area contributed by atoms with E-state index in [0.29, 0.717) is 39.4 Å². The molecule has 5 N–H and O–H groups in total. The van der Waals surface area contributed by atoms with Gasteiger partial charge in [0.25, 0.3) is 5.91 Å². The normalized spacial score (nSPS) is 10.4. The molecule has 168 valence electrons. The SMILES string of the molecule is N=C(N)c1ccc(Oc2ccc(NC(=O)c3ccccc3)cc2-c2cccc(C(=O)O)c2)cc1. The average molecular weight is 451 g/mol. The molecule has 4 aromatic rings. The number of hydrogen-bond acceptors (Lipinski definition) is 4. The number of nitrogens with one attached hydrogen (secondary N) is 2. The first-order valence-electron chi connectivity index (χ1n) is 10.4. The van der Waals surface area contributed by atoms with Gasteiger partial charge >= 0.3 is 5.97 Å². The van der Waals surface area contributed by atoms with Crippen LogP contribution in [0.25, 0.3) is 11.1 Å². The number of hydrogen-bond donors (Lipinski definition) is 4. The summed E-state index contributed by atoms with van der Waals surface area (Å²) < 4.78 is 6.07. The number of anilines is 1. The Kier molecular flexibility index (Phi) is 6.36. The van der Waals surface area contributed by atoms with Crippen LogP contribution >= 0.6 is 0 Å². The summed E-state index contributed by atoms with van der Waals surface area (Å²) in [5.41, 5.74) is 8.48. The van der Waals surface area contributed by atoms with Crippen LogP contribution in [0.5, 0.6) is 11.5 Å². The number of benzene rings is 4. The molecule has 7 nitrogen and oxygen atoms in total. The number of nitrogens with two attached hydrogens (primary N) is 1. The number of ether oxygens (including phenoxy) is 1. The van der Waals surface area contributed by atoms with Crippen molar-refractivity contribution in [3.63, 3.8) is 0 Å². The van der Waals surface area contributed by atoms with Crippen molar-refractivity contribution >= 4 is 23.4 Å². The molecule has 0 unspecified atom stereocenters. The minimum absolute atomic E-state index is 0.0452. The van der Waals surface area contributed by atoms with Crippen molar-refractivity contribution in [3.05, 3.63) is 114 Å². The van der Waals surface area contributed by atoms with Gasteiger partial charge in [-0.15, -0.1) is 0 Å². The minimum Gasteiger partial charge on any atom is -0.478 e. The second-order valence-corrected chi connectivity index (χ2v) is 7.46. The van der Waals surface area contributed by atoms with Gasteiger partial charge in [-0.2, -0.15) is 0 Å². The first kappa shape index (κ1) is 22.3. The summed E-state index contributed by atoms with van der Waals surface area (Å²) in [6.07, 6.45) is 0. The maximum atomic E-state index is 12.6. The van der Waals surface area contributed by atoms with Crippen LogP contribution in [0.15, 0.2) is 97.1 Å². The zero-order valence-corrected chi connectivity index (χ0v) is 18.0. The molecule has 34 heavy (non-hydrogen) atoms. The lowest BCUT2D eigenvalue weighted by molar-refractivity contribution is 0.0696. The van der Waals surface area contributed by atoms with Crippen molar-refractivity contribution in [3.8, 4) is 22.6 Å². The lowest BCUT2D eigenvalue weighted by Gasteiger charge is -2.15. The summed E-state index contributed by atoms with van der Waals surface area (Å²) in [5, 5.41) is 19.8. The number of carboxylic acids is 1. The third-order valence-electron chi connectivity index (χ3n) is 5.09. The first-order chi connectivity index (χ1) is 16.4. The Balaban J connectivity index is 1.71. The van der Waals surface area contributed by atoms with Crippen LogP contribution in [0, 0.1) is 5.41 Å². The molecule has 4 rings (SSSR count). The van der Waals surface area contributed by atoms with E-state index in [2.05, 4.69) is 5.32 Å². The van der Waals surface area contributed by atoms with Crippen molar-refractivity contribution in [2.75, 3.05) is 5.32 Å². The third-order valence-corrected chi connectivity index (χ3v) is 5.09. The standard InChI is InChI=1S/C27H21N3O4/c28-25(29)17-9-12-22(13-10-17)34-24-14-11-21(30-26(31)18-5-2-1-3-6-18)16-23(24)19-7-4-8-20(15-19)27(32)33/h1-16H,(H3,28,29)(H,30,31)(H,32,33). The van der Waals surface area contributed by atoms with Gasteiger partial charge < -0.3 is 20.9 Å². The molecule has 0 fully saturated rings. The minimum atomic E-state index is -1.04. The van der Waals surface area contributed by atoms with Crippen LogP contribution in [0.3, 0.4) is 0 Å². The van der Waals surface area contributed by atoms with E-state index >= 15 is 0 Å². The maximum Gasteiger partial charge on any atom is 0.335 e. The molecule has 0 aromatic heterocycles. The molecule has 0 aliphatic carbocycles. The molecule has 0 atom stereocenters. The fourth-order valence-corrected chi connectivity index (χ4v) is 3.36. The van der Waals surface area contributed by atoms with Crippen LogP contribution in [-0.4, -0.2) is 22.8 Å². The van der Waals surface area contributed by atoms with Gasteiger partial charge in [-0.3, -0.25) is 10.2 Å². The molecular formula is C27H21N3O4. The van der Waals surface area contributed by atoms with Gasteiger partial charge in [-0.05, 0) is 72.3 Å². The monoisotopic (exact) mass is 451 g/mol. The van der Waals surface area contributed by atoms with E-state index in [4.69, 9.17) is 15.9 Å². The lowest BCUT2D eigenvalue weighted by atomic mass is 10.0. The lowest BCUT2D eigenvalue weighted by Crippen LogP contribution is -2.11. The Bertz CT molecular complexity index is 1370. The molecule has 0 aliphatic rings. The van der Waals surface area contributed by atoms with E-state index in [0.717, 1.165) is 0 Å². The van der Waals surface area contributed by atoms with E-state index in [1.165, 1.54) is 6.07 Å². The van der Waals surface area contributed by atoms with Crippen LogP contribution in [0.1, 0.15) is 26.3 Å². The third kappa shape index (κ3) is 5.11. The Labute approximate surface area is 196 Å². The zero-order valence-electron chi connectivity index (χ0n) is 18.0. The van der Waals surface area contributed by atoms with Crippen molar-refractivity contribution < 1.29 is 19.4 Å². The number of amides is 1. The molecular weight excluding hydrogens is 430 g/mol. The number of aromatic carboxylic acids is 1. The van der Waals surface area contributed by atoms with Crippen molar-refractivity contribution in [1.82, 2.24) is 0 Å². The number of carbonyl (C=O) groups is 2. The summed E-state index contributed by atoms with van der Waals surface area (Å²) in [6, 6.07) is 27.2. The Hall–Kier alpha value is -4.91. The van der Waals surface area contributed by atoms with E-state index in [-0.39, 0.29) is 17.3 Å². The van der Waals surface area contributed by atoms with E-state index in [1.54, 1.807) is 84.9 Å². The van der Waals surface area contributed by atoms with E-state index in [9.17, 15) is 14.7 Å². The molecule has 0 saturated heterocycles. The Morgan fingerprint density at radius 2 is 1.50 bits per heavy atom. The quantitative estimate of drug-likeness (QED) is 0.222.